The molecule has 1 aromatic carbocycles. The van der Waals surface area contributed by atoms with Crippen molar-refractivity contribution in [3.8, 4) is 6.07 Å². The van der Waals surface area contributed by atoms with E-state index in [2.05, 4.69) is 26.9 Å². The van der Waals surface area contributed by atoms with Crippen LogP contribution in [0.25, 0.3) is 10.9 Å². The molecule has 6 nitrogen and oxygen atoms in total. The summed E-state index contributed by atoms with van der Waals surface area (Å²) in [6.45, 7) is 9.54. The van der Waals surface area contributed by atoms with Crippen LogP contribution in [-0.2, 0) is 4.79 Å². The fraction of sp³-hybridized carbons (Fsp3) is 0.476. The molecule has 1 aliphatic rings. The number of rotatable bonds is 5. The first-order valence-electron chi connectivity index (χ1n) is 9.71. The molecule has 2 heterocycles. The number of pyridine rings is 1. The Labute approximate surface area is 161 Å². The maximum absolute atomic E-state index is 12.4. The van der Waals surface area contributed by atoms with E-state index in [1.807, 2.05) is 43.0 Å². The lowest BCUT2D eigenvalue weighted by atomic mass is 10.1. The van der Waals surface area contributed by atoms with Crippen LogP contribution in [0.15, 0.2) is 30.3 Å². The summed E-state index contributed by atoms with van der Waals surface area (Å²) in [4.78, 5) is 23.3. The first-order valence-corrected chi connectivity index (χ1v) is 9.71. The van der Waals surface area contributed by atoms with E-state index in [0.717, 1.165) is 62.3 Å². The van der Waals surface area contributed by atoms with Crippen molar-refractivity contribution in [1.82, 2.24) is 14.8 Å². The first-order chi connectivity index (χ1) is 13.2. The molecule has 142 valence electrons. The summed E-state index contributed by atoms with van der Waals surface area (Å²) in [5.74, 6) is 0.203. The minimum atomic E-state index is 0.203. The summed E-state index contributed by atoms with van der Waals surface area (Å²) < 4.78 is 0. The second-order valence-corrected chi connectivity index (χ2v) is 6.84. The molecule has 0 spiro atoms. The molecule has 0 atom stereocenters. The quantitative estimate of drug-likeness (QED) is 0.815. The minimum absolute atomic E-state index is 0.203. The van der Waals surface area contributed by atoms with Gasteiger partial charge >= 0.3 is 0 Å². The lowest BCUT2D eigenvalue weighted by molar-refractivity contribution is -0.132. The van der Waals surface area contributed by atoms with Crippen LogP contribution in [0.4, 0.5) is 5.69 Å². The zero-order valence-electron chi connectivity index (χ0n) is 16.2. The van der Waals surface area contributed by atoms with E-state index in [-0.39, 0.29) is 5.91 Å². The molecule has 1 aliphatic heterocycles. The van der Waals surface area contributed by atoms with Crippen molar-refractivity contribution in [3.63, 3.8) is 0 Å². The normalized spacial score (nSPS) is 15.4. The van der Waals surface area contributed by atoms with E-state index >= 15 is 0 Å². The molecular formula is C21H27N5O. The van der Waals surface area contributed by atoms with Crippen molar-refractivity contribution in [2.24, 2.45) is 0 Å². The van der Waals surface area contributed by atoms with Gasteiger partial charge in [-0.1, -0.05) is 18.2 Å². The average Bonchev–Trinajstić information content (AvgIpc) is 2.93. The summed E-state index contributed by atoms with van der Waals surface area (Å²) in [5.41, 5.74) is 2.36. The van der Waals surface area contributed by atoms with E-state index in [1.54, 1.807) is 0 Å². The highest BCUT2D eigenvalue weighted by atomic mass is 16.2. The number of nitriles is 1. The van der Waals surface area contributed by atoms with Crippen LogP contribution in [0, 0.1) is 11.3 Å². The van der Waals surface area contributed by atoms with Crippen LogP contribution < -0.4 is 4.90 Å². The van der Waals surface area contributed by atoms with Gasteiger partial charge in [-0.25, -0.2) is 4.98 Å². The van der Waals surface area contributed by atoms with Gasteiger partial charge in [-0.3, -0.25) is 9.69 Å². The van der Waals surface area contributed by atoms with Crippen molar-refractivity contribution in [2.75, 3.05) is 50.7 Å². The van der Waals surface area contributed by atoms with Crippen molar-refractivity contribution in [1.29, 1.82) is 5.26 Å². The van der Waals surface area contributed by atoms with Crippen LogP contribution in [-0.4, -0.2) is 66.5 Å². The molecule has 1 fully saturated rings. The Kier molecular flexibility index (Phi) is 6.25. The Morgan fingerprint density at radius 3 is 2.70 bits per heavy atom. The lowest BCUT2D eigenvalue weighted by Crippen LogP contribution is -2.41. The van der Waals surface area contributed by atoms with E-state index < -0.39 is 0 Å². The van der Waals surface area contributed by atoms with Crippen LogP contribution in [0.3, 0.4) is 0 Å². The number of benzene rings is 1. The molecule has 1 saturated heterocycles. The number of carbonyl (C=O) groups excluding carboxylic acids is 1. The molecule has 0 bridgehead atoms. The molecule has 0 unspecified atom stereocenters. The standard InChI is InChI=1S/C21H27N5O/c1-3-25(4-2)21(27)16-24-10-7-11-26(13-12-24)20-14-17(15-22)23-19-9-6-5-8-18(19)20/h5-6,8-9,14H,3-4,7,10-13,16H2,1-2H3. The van der Waals surface area contributed by atoms with Crippen molar-refractivity contribution in [2.45, 2.75) is 20.3 Å². The van der Waals surface area contributed by atoms with Crippen LogP contribution >= 0.6 is 0 Å². The number of hydrogen-bond acceptors (Lipinski definition) is 5. The number of nitrogens with zero attached hydrogens (tertiary/aromatic N) is 5. The number of aromatic nitrogens is 1. The number of fused-ring (bicyclic) bond motifs is 1. The molecule has 0 aliphatic carbocycles. The molecule has 0 saturated carbocycles. The summed E-state index contributed by atoms with van der Waals surface area (Å²) in [5, 5.41) is 10.4. The summed E-state index contributed by atoms with van der Waals surface area (Å²) in [6, 6.07) is 12.0. The minimum Gasteiger partial charge on any atom is -0.370 e. The molecule has 1 aromatic heterocycles. The molecule has 3 rings (SSSR count). The molecule has 27 heavy (non-hydrogen) atoms. The Balaban J connectivity index is 1.76. The largest absolute Gasteiger partial charge is 0.370 e. The highest BCUT2D eigenvalue weighted by Crippen LogP contribution is 2.27. The number of carbonyl (C=O) groups is 1. The number of amides is 1. The fourth-order valence-electron chi connectivity index (χ4n) is 3.71. The predicted octanol–water partition coefficient (Wildman–Crippen LogP) is 2.49. The van der Waals surface area contributed by atoms with Gasteiger partial charge in [0, 0.05) is 50.3 Å². The highest BCUT2D eigenvalue weighted by Gasteiger charge is 2.21. The van der Waals surface area contributed by atoms with E-state index in [9.17, 15) is 10.1 Å². The van der Waals surface area contributed by atoms with Gasteiger partial charge in [0.25, 0.3) is 0 Å². The molecular weight excluding hydrogens is 338 g/mol. The Bertz CT molecular complexity index is 840. The second kappa shape index (κ2) is 8.83. The van der Waals surface area contributed by atoms with Crippen LogP contribution in [0.5, 0.6) is 0 Å². The van der Waals surface area contributed by atoms with E-state index in [4.69, 9.17) is 0 Å². The maximum Gasteiger partial charge on any atom is 0.236 e. The van der Waals surface area contributed by atoms with Crippen LogP contribution in [0.2, 0.25) is 0 Å². The summed E-state index contributed by atoms with van der Waals surface area (Å²) in [6.07, 6.45) is 0.990. The number of para-hydroxylation sites is 1. The topological polar surface area (TPSA) is 63.5 Å². The van der Waals surface area contributed by atoms with Gasteiger partial charge in [0.2, 0.25) is 5.91 Å². The monoisotopic (exact) mass is 365 g/mol. The third kappa shape index (κ3) is 4.37. The summed E-state index contributed by atoms with van der Waals surface area (Å²) in [7, 11) is 0. The van der Waals surface area contributed by atoms with Crippen molar-refractivity contribution >= 4 is 22.5 Å². The van der Waals surface area contributed by atoms with Gasteiger partial charge in [0.1, 0.15) is 11.8 Å². The van der Waals surface area contributed by atoms with Crippen LogP contribution in [0.1, 0.15) is 26.0 Å². The zero-order valence-corrected chi connectivity index (χ0v) is 16.2. The molecule has 2 aromatic rings. The molecule has 1 amide bonds. The van der Waals surface area contributed by atoms with Gasteiger partial charge in [-0.15, -0.1) is 0 Å². The number of hydrogen-bond donors (Lipinski definition) is 0. The van der Waals surface area contributed by atoms with E-state index in [1.165, 1.54) is 0 Å². The Morgan fingerprint density at radius 1 is 1.19 bits per heavy atom. The predicted molar refractivity (Wildman–Crippen MR) is 108 cm³/mol. The second-order valence-electron chi connectivity index (χ2n) is 6.84. The SMILES string of the molecule is CCN(CC)C(=O)CN1CCCN(c2cc(C#N)nc3ccccc23)CC1. The number of anilines is 1. The molecule has 0 radical (unpaired) electrons. The molecule has 0 N–H and O–H groups in total. The highest BCUT2D eigenvalue weighted by molar-refractivity contribution is 5.92. The van der Waals surface area contributed by atoms with Crippen molar-refractivity contribution < 1.29 is 4.79 Å². The third-order valence-electron chi connectivity index (χ3n) is 5.21. The Morgan fingerprint density at radius 2 is 1.96 bits per heavy atom. The third-order valence-corrected chi connectivity index (χ3v) is 5.21. The van der Waals surface area contributed by atoms with Gasteiger partial charge in [-0.05, 0) is 32.4 Å². The lowest BCUT2D eigenvalue weighted by Gasteiger charge is -2.26. The average molecular weight is 365 g/mol. The smallest absolute Gasteiger partial charge is 0.236 e. The fourth-order valence-corrected chi connectivity index (χ4v) is 3.71. The summed E-state index contributed by atoms with van der Waals surface area (Å²) >= 11 is 0. The van der Waals surface area contributed by atoms with Gasteiger partial charge < -0.3 is 9.80 Å². The van der Waals surface area contributed by atoms with Gasteiger partial charge in [-0.2, -0.15) is 5.26 Å². The van der Waals surface area contributed by atoms with Gasteiger partial charge in [0.05, 0.1) is 12.1 Å². The van der Waals surface area contributed by atoms with Crippen molar-refractivity contribution in [3.05, 3.63) is 36.0 Å². The maximum atomic E-state index is 12.4. The first kappa shape index (κ1) is 19.1. The molecule has 6 heteroatoms. The Hall–Kier alpha value is -2.65. The number of likely N-dealkylation sites (N-methyl/N-ethyl adjacent to an activating group) is 1. The van der Waals surface area contributed by atoms with Gasteiger partial charge in [0.15, 0.2) is 0 Å². The van der Waals surface area contributed by atoms with E-state index in [0.29, 0.717) is 12.2 Å². The zero-order chi connectivity index (χ0) is 19.2.